The Hall–Kier alpha value is -0.820. The normalized spacial score (nSPS) is 39.1. The van der Waals surface area contributed by atoms with Gasteiger partial charge in [-0.3, -0.25) is 0 Å². The molecule has 20 heavy (non-hydrogen) atoms. The molecule has 1 heteroatoms. The topological polar surface area (TPSA) is 20.2 Å². The minimum absolute atomic E-state index is 0.207. The van der Waals surface area contributed by atoms with Gasteiger partial charge < -0.3 is 5.11 Å². The first-order valence-electron chi connectivity index (χ1n) is 8.42. The van der Waals surface area contributed by atoms with Crippen molar-refractivity contribution in [3.05, 3.63) is 35.4 Å². The van der Waals surface area contributed by atoms with Crippen LogP contribution >= 0.6 is 0 Å². The fourth-order valence-electron chi connectivity index (χ4n) is 5.36. The Morgan fingerprint density at radius 2 is 1.65 bits per heavy atom. The van der Waals surface area contributed by atoms with Crippen LogP contribution in [0.3, 0.4) is 0 Å². The van der Waals surface area contributed by atoms with E-state index in [1.807, 2.05) is 0 Å². The molecule has 3 aliphatic rings. The third kappa shape index (κ3) is 1.94. The summed E-state index contributed by atoms with van der Waals surface area (Å²) in [5.41, 5.74) is 2.54. The van der Waals surface area contributed by atoms with E-state index in [2.05, 4.69) is 38.1 Å². The molecule has 108 valence electrons. The average molecular weight is 270 g/mol. The molecule has 0 amide bonds. The van der Waals surface area contributed by atoms with Gasteiger partial charge in [0.2, 0.25) is 0 Å². The van der Waals surface area contributed by atoms with Gasteiger partial charge in [-0.25, -0.2) is 0 Å². The Morgan fingerprint density at radius 1 is 1.05 bits per heavy atom. The summed E-state index contributed by atoms with van der Waals surface area (Å²) in [6.45, 7) is 4.51. The summed E-state index contributed by atoms with van der Waals surface area (Å²) in [6.07, 6.45) is 5.26. The SMILES string of the molecule is CC(C)Cc1ccc(C(O)C2C3C4CCC(C4)C32)cc1. The van der Waals surface area contributed by atoms with E-state index in [-0.39, 0.29) is 6.10 Å². The van der Waals surface area contributed by atoms with Gasteiger partial charge in [0.15, 0.2) is 0 Å². The lowest BCUT2D eigenvalue weighted by Gasteiger charge is -2.16. The number of hydrogen-bond donors (Lipinski definition) is 1. The summed E-state index contributed by atoms with van der Waals surface area (Å²) >= 11 is 0. The molecule has 1 aromatic carbocycles. The predicted octanol–water partition coefficient (Wildman–Crippen LogP) is 4.21. The van der Waals surface area contributed by atoms with Crippen molar-refractivity contribution >= 4 is 0 Å². The zero-order valence-corrected chi connectivity index (χ0v) is 12.6. The Balaban J connectivity index is 1.46. The van der Waals surface area contributed by atoms with Crippen LogP contribution in [0.2, 0.25) is 0 Å². The molecular weight excluding hydrogens is 244 g/mol. The van der Waals surface area contributed by atoms with Crippen LogP contribution in [-0.2, 0) is 6.42 Å². The minimum Gasteiger partial charge on any atom is -0.388 e. The van der Waals surface area contributed by atoms with E-state index >= 15 is 0 Å². The second-order valence-corrected chi connectivity index (χ2v) is 7.85. The highest BCUT2D eigenvalue weighted by Gasteiger charge is 2.66. The number of hydrogen-bond acceptors (Lipinski definition) is 1. The van der Waals surface area contributed by atoms with E-state index in [0.29, 0.717) is 11.8 Å². The zero-order valence-electron chi connectivity index (χ0n) is 12.6. The van der Waals surface area contributed by atoms with Gasteiger partial charge in [-0.1, -0.05) is 38.1 Å². The molecule has 5 atom stereocenters. The van der Waals surface area contributed by atoms with Gasteiger partial charge in [0, 0.05) is 0 Å². The largest absolute Gasteiger partial charge is 0.388 e. The molecule has 0 radical (unpaired) electrons. The third-order valence-corrected chi connectivity index (χ3v) is 6.12. The Morgan fingerprint density at radius 3 is 2.20 bits per heavy atom. The van der Waals surface area contributed by atoms with E-state index in [1.165, 1.54) is 24.8 Å². The molecule has 0 saturated heterocycles. The van der Waals surface area contributed by atoms with Crippen LogP contribution in [0.1, 0.15) is 50.3 Å². The quantitative estimate of drug-likeness (QED) is 0.869. The Bertz CT molecular complexity index is 473. The molecule has 0 aliphatic heterocycles. The maximum atomic E-state index is 10.7. The van der Waals surface area contributed by atoms with Gasteiger partial charge in [0.05, 0.1) is 6.10 Å². The number of aliphatic hydroxyl groups excluding tert-OH is 1. The number of rotatable bonds is 4. The van der Waals surface area contributed by atoms with Gasteiger partial charge in [0.25, 0.3) is 0 Å². The van der Waals surface area contributed by atoms with Crippen molar-refractivity contribution in [1.29, 1.82) is 0 Å². The van der Waals surface area contributed by atoms with Gasteiger partial charge in [-0.2, -0.15) is 0 Å². The van der Waals surface area contributed by atoms with Gasteiger partial charge in [0.1, 0.15) is 0 Å². The predicted molar refractivity (Wildman–Crippen MR) is 81.2 cm³/mol. The molecule has 0 aromatic heterocycles. The fourth-order valence-corrected chi connectivity index (χ4v) is 5.36. The minimum atomic E-state index is -0.207. The first kappa shape index (κ1) is 12.9. The molecule has 1 aromatic rings. The molecule has 0 heterocycles. The lowest BCUT2D eigenvalue weighted by atomic mass is 9.93. The van der Waals surface area contributed by atoms with Gasteiger partial charge in [-0.15, -0.1) is 0 Å². The molecule has 1 N–H and O–H groups in total. The van der Waals surface area contributed by atoms with Crippen LogP contribution in [0, 0.1) is 35.5 Å². The molecular formula is C19H26O. The molecule has 2 bridgehead atoms. The van der Waals surface area contributed by atoms with E-state index in [0.717, 1.165) is 35.7 Å². The van der Waals surface area contributed by atoms with Crippen LogP contribution < -0.4 is 0 Å². The summed E-state index contributed by atoms with van der Waals surface area (Å²) in [5.74, 6) is 4.90. The van der Waals surface area contributed by atoms with Crippen molar-refractivity contribution in [2.24, 2.45) is 35.5 Å². The molecule has 5 unspecified atom stereocenters. The summed E-state index contributed by atoms with van der Waals surface area (Å²) in [6, 6.07) is 8.76. The first-order valence-corrected chi connectivity index (χ1v) is 8.42. The standard InChI is InChI=1S/C19H26O/c1-11(2)9-12-3-5-13(6-4-12)19(20)18-16-14-7-8-15(10-14)17(16)18/h3-6,11,14-20H,7-10H2,1-2H3. The lowest BCUT2D eigenvalue weighted by Crippen LogP contribution is -2.08. The second kappa shape index (κ2) is 4.59. The number of benzene rings is 1. The van der Waals surface area contributed by atoms with E-state index in [4.69, 9.17) is 0 Å². The van der Waals surface area contributed by atoms with Gasteiger partial charge in [-0.05, 0) is 72.3 Å². The summed E-state index contributed by atoms with van der Waals surface area (Å²) in [7, 11) is 0. The van der Waals surface area contributed by atoms with Crippen molar-refractivity contribution in [2.45, 2.75) is 45.6 Å². The van der Waals surface area contributed by atoms with Crippen LogP contribution in [-0.4, -0.2) is 5.11 Å². The highest BCUT2D eigenvalue weighted by atomic mass is 16.3. The summed E-state index contributed by atoms with van der Waals surface area (Å²) in [5, 5.41) is 10.7. The van der Waals surface area contributed by atoms with Gasteiger partial charge >= 0.3 is 0 Å². The zero-order chi connectivity index (χ0) is 13.9. The fraction of sp³-hybridized carbons (Fsp3) is 0.684. The van der Waals surface area contributed by atoms with Crippen molar-refractivity contribution in [3.63, 3.8) is 0 Å². The highest BCUT2D eigenvalue weighted by molar-refractivity contribution is 5.28. The monoisotopic (exact) mass is 270 g/mol. The summed E-state index contributed by atoms with van der Waals surface area (Å²) in [4.78, 5) is 0. The molecule has 3 aliphatic carbocycles. The third-order valence-electron chi connectivity index (χ3n) is 6.12. The van der Waals surface area contributed by atoms with Crippen molar-refractivity contribution < 1.29 is 5.11 Å². The van der Waals surface area contributed by atoms with Crippen LogP contribution in [0.4, 0.5) is 0 Å². The number of fused-ring (bicyclic) bond motifs is 5. The smallest absolute Gasteiger partial charge is 0.0823 e. The number of aliphatic hydroxyl groups is 1. The first-order chi connectivity index (χ1) is 9.65. The summed E-state index contributed by atoms with van der Waals surface area (Å²) < 4.78 is 0. The molecule has 1 nitrogen and oxygen atoms in total. The Kier molecular flexibility index (Phi) is 2.96. The van der Waals surface area contributed by atoms with E-state index in [9.17, 15) is 5.11 Å². The van der Waals surface area contributed by atoms with Crippen molar-refractivity contribution in [2.75, 3.05) is 0 Å². The average Bonchev–Trinajstić information content (AvgIpc) is 2.86. The van der Waals surface area contributed by atoms with Crippen molar-refractivity contribution in [1.82, 2.24) is 0 Å². The Labute approximate surface area is 122 Å². The lowest BCUT2D eigenvalue weighted by molar-refractivity contribution is 0.130. The van der Waals surface area contributed by atoms with E-state index in [1.54, 1.807) is 0 Å². The second-order valence-electron chi connectivity index (χ2n) is 7.85. The highest BCUT2D eigenvalue weighted by Crippen LogP contribution is 2.72. The van der Waals surface area contributed by atoms with Crippen LogP contribution in [0.15, 0.2) is 24.3 Å². The maximum absolute atomic E-state index is 10.7. The molecule has 3 saturated carbocycles. The van der Waals surface area contributed by atoms with E-state index < -0.39 is 0 Å². The molecule has 4 rings (SSSR count). The molecule has 3 fully saturated rings. The van der Waals surface area contributed by atoms with Crippen molar-refractivity contribution in [3.8, 4) is 0 Å². The maximum Gasteiger partial charge on any atom is 0.0823 e. The van der Waals surface area contributed by atoms with Crippen LogP contribution in [0.5, 0.6) is 0 Å². The van der Waals surface area contributed by atoms with Crippen LogP contribution in [0.25, 0.3) is 0 Å². The molecule has 0 spiro atoms.